The second kappa shape index (κ2) is 9.32. The van der Waals surface area contributed by atoms with E-state index in [0.717, 1.165) is 6.07 Å². The number of primary sulfonamides is 2. The molecule has 1 fully saturated rings. The van der Waals surface area contributed by atoms with Crippen LogP contribution >= 0.6 is 0 Å². The van der Waals surface area contributed by atoms with Crippen molar-refractivity contribution in [3.63, 3.8) is 0 Å². The molecule has 17 heteroatoms. The first-order valence-electron chi connectivity index (χ1n) is 9.32. The number of ether oxygens (including phenoxy) is 1. The Morgan fingerprint density at radius 2 is 2.00 bits per heavy atom. The molecular formula is C15H24N8O7S2. The fourth-order valence-electron chi connectivity index (χ4n) is 3.54. The summed E-state index contributed by atoms with van der Waals surface area (Å²) < 4.78 is 55.3. The zero-order chi connectivity index (χ0) is 23.7. The zero-order valence-corrected chi connectivity index (χ0v) is 18.4. The first-order valence-corrected chi connectivity index (χ1v) is 12.4. The standard InChI is InChI=1S/C15H24N8O7S2/c16-5-9(25)3-8-4-11(31(17,26)27)14(32(18,28)29)12(15-19-21-22-20-15)13(8)23-1-2-30-10(6-23)7-24/h4,9-10,24-25H,1-3,5-7,16H2,(H2,17,26,27)(H2,18,28,29)(H,19,20,21,22). The highest BCUT2D eigenvalue weighted by molar-refractivity contribution is 7.92. The second-order valence-corrected chi connectivity index (χ2v) is 10.2. The maximum atomic E-state index is 12.6. The molecule has 1 aromatic heterocycles. The van der Waals surface area contributed by atoms with Gasteiger partial charge >= 0.3 is 0 Å². The Kier molecular flexibility index (Phi) is 7.10. The maximum absolute atomic E-state index is 12.6. The highest BCUT2D eigenvalue weighted by Gasteiger charge is 2.35. The number of nitrogens with two attached hydrogens (primary N) is 3. The molecule has 1 aliphatic heterocycles. The first-order chi connectivity index (χ1) is 15.0. The summed E-state index contributed by atoms with van der Waals surface area (Å²) in [4.78, 5) is 0.0696. The summed E-state index contributed by atoms with van der Waals surface area (Å²) in [5.41, 5.74) is 5.66. The van der Waals surface area contributed by atoms with Gasteiger partial charge in [0.2, 0.25) is 25.9 Å². The summed E-state index contributed by atoms with van der Waals surface area (Å²) >= 11 is 0. The number of H-pyrrole nitrogens is 1. The number of morpholine rings is 1. The topological polar surface area (TPSA) is 254 Å². The van der Waals surface area contributed by atoms with Crippen molar-refractivity contribution in [2.75, 3.05) is 37.7 Å². The number of aromatic nitrogens is 4. The molecule has 0 radical (unpaired) electrons. The molecule has 0 bridgehead atoms. The summed E-state index contributed by atoms with van der Waals surface area (Å²) in [6, 6.07) is 1.04. The van der Waals surface area contributed by atoms with Crippen LogP contribution in [0.3, 0.4) is 0 Å². The molecule has 15 nitrogen and oxygen atoms in total. The van der Waals surface area contributed by atoms with Gasteiger partial charge in [-0.05, 0) is 16.8 Å². The average Bonchev–Trinajstić information content (AvgIpc) is 3.25. The van der Waals surface area contributed by atoms with Crippen molar-refractivity contribution in [2.24, 2.45) is 16.0 Å². The van der Waals surface area contributed by atoms with Crippen LogP contribution in [-0.4, -0.2) is 92.7 Å². The Bertz CT molecular complexity index is 1170. The van der Waals surface area contributed by atoms with E-state index in [9.17, 15) is 27.0 Å². The van der Waals surface area contributed by atoms with Crippen LogP contribution in [0.15, 0.2) is 15.9 Å². The highest BCUT2D eigenvalue weighted by Crippen LogP contribution is 2.42. The molecule has 1 aliphatic rings. The smallest absolute Gasteiger partial charge is 0.240 e. The van der Waals surface area contributed by atoms with Crippen molar-refractivity contribution in [1.82, 2.24) is 20.6 Å². The first kappa shape index (κ1) is 24.4. The number of aliphatic hydroxyl groups excluding tert-OH is 2. The van der Waals surface area contributed by atoms with E-state index in [-0.39, 0.29) is 61.9 Å². The Labute approximate surface area is 183 Å². The van der Waals surface area contributed by atoms with Crippen molar-refractivity contribution < 1.29 is 31.8 Å². The van der Waals surface area contributed by atoms with E-state index < -0.39 is 42.0 Å². The molecule has 32 heavy (non-hydrogen) atoms. The predicted molar refractivity (Wildman–Crippen MR) is 110 cm³/mol. The molecular weight excluding hydrogens is 468 g/mol. The van der Waals surface area contributed by atoms with Crippen LogP contribution in [0, 0.1) is 0 Å². The lowest BCUT2D eigenvalue weighted by atomic mass is 9.99. The molecule has 1 saturated heterocycles. The Hall–Kier alpha value is -2.25. The number of aliphatic hydroxyl groups is 2. The maximum Gasteiger partial charge on any atom is 0.240 e. The average molecular weight is 493 g/mol. The van der Waals surface area contributed by atoms with Gasteiger partial charge in [0.05, 0.1) is 36.7 Å². The van der Waals surface area contributed by atoms with Crippen LogP contribution in [0.5, 0.6) is 0 Å². The van der Waals surface area contributed by atoms with Gasteiger partial charge in [-0.25, -0.2) is 27.1 Å². The lowest BCUT2D eigenvalue weighted by Gasteiger charge is -2.36. The quantitative estimate of drug-likeness (QED) is 0.207. The minimum atomic E-state index is -4.68. The molecule has 2 aromatic rings. The zero-order valence-electron chi connectivity index (χ0n) is 16.7. The van der Waals surface area contributed by atoms with Crippen LogP contribution in [-0.2, 0) is 31.2 Å². The van der Waals surface area contributed by atoms with Crippen molar-refractivity contribution in [3.8, 4) is 11.4 Å². The van der Waals surface area contributed by atoms with E-state index in [0.29, 0.717) is 0 Å². The normalized spacial score (nSPS) is 18.7. The van der Waals surface area contributed by atoms with Crippen LogP contribution < -0.4 is 20.9 Å². The lowest BCUT2D eigenvalue weighted by Crippen LogP contribution is -2.45. The third-order valence-electron chi connectivity index (χ3n) is 4.84. The minimum Gasteiger partial charge on any atom is -0.394 e. The lowest BCUT2D eigenvalue weighted by molar-refractivity contribution is 0.00352. The molecule has 2 unspecified atom stereocenters. The van der Waals surface area contributed by atoms with E-state index in [1.807, 2.05) is 0 Å². The molecule has 3 rings (SSSR count). The van der Waals surface area contributed by atoms with Crippen LogP contribution in [0.4, 0.5) is 5.69 Å². The molecule has 0 saturated carbocycles. The van der Waals surface area contributed by atoms with Gasteiger partial charge in [-0.1, -0.05) is 0 Å². The Morgan fingerprint density at radius 3 is 2.53 bits per heavy atom. The van der Waals surface area contributed by atoms with Gasteiger partial charge in [-0.15, -0.1) is 10.2 Å². The predicted octanol–water partition coefficient (Wildman–Crippen LogP) is -3.78. The fraction of sp³-hybridized carbons (Fsp3) is 0.533. The second-order valence-electron chi connectivity index (χ2n) is 7.13. The summed E-state index contributed by atoms with van der Waals surface area (Å²) in [5, 5.41) is 43.7. The number of hydrogen-bond donors (Lipinski definition) is 6. The van der Waals surface area contributed by atoms with Crippen LogP contribution in [0.25, 0.3) is 11.4 Å². The van der Waals surface area contributed by atoms with Gasteiger partial charge in [0.25, 0.3) is 0 Å². The summed E-state index contributed by atoms with van der Waals surface area (Å²) in [6.45, 7) is 0.0717. The van der Waals surface area contributed by atoms with E-state index in [2.05, 4.69) is 20.6 Å². The van der Waals surface area contributed by atoms with Gasteiger partial charge < -0.3 is 25.6 Å². The molecule has 2 atom stereocenters. The van der Waals surface area contributed by atoms with Crippen LogP contribution in [0.1, 0.15) is 5.56 Å². The number of anilines is 1. The van der Waals surface area contributed by atoms with E-state index in [1.54, 1.807) is 4.90 Å². The number of aromatic amines is 1. The summed E-state index contributed by atoms with van der Waals surface area (Å²) in [7, 11) is -9.28. The Morgan fingerprint density at radius 1 is 1.28 bits per heavy atom. The molecule has 0 amide bonds. The van der Waals surface area contributed by atoms with E-state index in [4.69, 9.17) is 20.7 Å². The molecule has 0 spiro atoms. The highest BCUT2D eigenvalue weighted by atomic mass is 32.2. The van der Waals surface area contributed by atoms with Gasteiger partial charge in [0.1, 0.15) is 9.79 Å². The molecule has 9 N–H and O–H groups in total. The van der Waals surface area contributed by atoms with Gasteiger partial charge in [-0.3, -0.25) is 0 Å². The number of hydrogen-bond acceptors (Lipinski definition) is 12. The monoisotopic (exact) mass is 492 g/mol. The van der Waals surface area contributed by atoms with Gasteiger partial charge in [0.15, 0.2) is 0 Å². The summed E-state index contributed by atoms with van der Waals surface area (Å²) in [5.74, 6) is -0.259. The number of rotatable bonds is 8. The Balaban J connectivity index is 2.46. The van der Waals surface area contributed by atoms with Gasteiger partial charge in [-0.2, -0.15) is 5.21 Å². The van der Waals surface area contributed by atoms with E-state index >= 15 is 0 Å². The number of sulfonamides is 2. The fourth-order valence-corrected chi connectivity index (χ4v) is 5.72. The largest absolute Gasteiger partial charge is 0.394 e. The molecule has 0 aliphatic carbocycles. The molecule has 2 heterocycles. The van der Waals surface area contributed by atoms with Crippen molar-refractivity contribution in [2.45, 2.75) is 28.4 Å². The van der Waals surface area contributed by atoms with E-state index in [1.165, 1.54) is 0 Å². The number of nitrogens with one attached hydrogen (secondary N) is 1. The van der Waals surface area contributed by atoms with Crippen molar-refractivity contribution >= 4 is 25.7 Å². The van der Waals surface area contributed by atoms with Crippen molar-refractivity contribution in [1.29, 1.82) is 0 Å². The summed E-state index contributed by atoms with van der Waals surface area (Å²) in [6.07, 6.45) is -1.84. The van der Waals surface area contributed by atoms with Gasteiger partial charge in [0, 0.05) is 26.1 Å². The number of benzene rings is 1. The third kappa shape index (κ3) is 5.04. The SMILES string of the molecule is NCC(O)Cc1cc(S(N)(=O)=O)c(S(N)(=O)=O)c(-c2nn[nH]n2)c1N1CCOC(CO)C1. The molecule has 178 valence electrons. The number of tetrazole rings is 1. The number of nitrogens with zero attached hydrogens (tertiary/aromatic N) is 4. The van der Waals surface area contributed by atoms with Crippen molar-refractivity contribution in [3.05, 3.63) is 11.6 Å². The molecule has 1 aromatic carbocycles. The third-order valence-corrected chi connectivity index (χ3v) is 6.90. The van der Waals surface area contributed by atoms with Crippen LogP contribution in [0.2, 0.25) is 0 Å². The minimum absolute atomic E-state index is 0.117.